The van der Waals surface area contributed by atoms with Gasteiger partial charge in [-0.2, -0.15) is 9.30 Å². The van der Waals surface area contributed by atoms with E-state index in [1.54, 1.807) is 11.5 Å². The monoisotopic (exact) mass is 489 g/mol. The number of benzene rings is 2. The van der Waals surface area contributed by atoms with Gasteiger partial charge in [0.05, 0.1) is 22.2 Å². The molecular formula is C23H27N3O5S2. The molecule has 0 saturated carbocycles. The van der Waals surface area contributed by atoms with Crippen molar-refractivity contribution < 1.29 is 22.7 Å². The molecule has 0 aliphatic rings. The normalized spacial score (nSPS) is 12.4. The fourth-order valence-electron chi connectivity index (χ4n) is 3.31. The first kappa shape index (κ1) is 24.8. The minimum absolute atomic E-state index is 0.0750. The van der Waals surface area contributed by atoms with Gasteiger partial charge in [-0.15, -0.1) is 0 Å². The molecule has 8 nitrogen and oxygen atoms in total. The van der Waals surface area contributed by atoms with Gasteiger partial charge >= 0.3 is 5.97 Å². The number of methoxy groups -OCH3 is 1. The second-order valence-corrected chi connectivity index (χ2v) is 10.3. The number of unbranched alkanes of at least 4 members (excludes halogenated alkanes) is 1. The molecule has 0 radical (unpaired) electrons. The maximum Gasteiger partial charge on any atom is 0.325 e. The Bertz CT molecular complexity index is 1310. The molecule has 10 heteroatoms. The summed E-state index contributed by atoms with van der Waals surface area (Å²) in [5.41, 5.74) is 1.03. The van der Waals surface area contributed by atoms with Gasteiger partial charge in [-0.25, -0.2) is 8.42 Å². The molecular weight excluding hydrogens is 462 g/mol. The van der Waals surface area contributed by atoms with Crippen LogP contribution >= 0.6 is 11.3 Å². The van der Waals surface area contributed by atoms with Gasteiger partial charge in [0, 0.05) is 18.7 Å². The van der Waals surface area contributed by atoms with E-state index in [-0.39, 0.29) is 17.0 Å². The maximum absolute atomic E-state index is 12.9. The summed E-state index contributed by atoms with van der Waals surface area (Å²) >= 11 is 1.29. The molecule has 0 spiro atoms. The highest BCUT2D eigenvalue weighted by atomic mass is 32.2. The number of para-hydroxylation sites is 1. The van der Waals surface area contributed by atoms with Crippen molar-refractivity contribution in [1.29, 1.82) is 0 Å². The highest BCUT2D eigenvalue weighted by Crippen LogP contribution is 2.19. The summed E-state index contributed by atoms with van der Waals surface area (Å²) in [4.78, 5) is 29.4. The standard InChI is InChI=1S/C23H27N3O5S2/c1-4-6-15-25(5-2)33(29,30)18-13-11-17(12-14-18)22(28)24-23-26(16-21(27)31-3)19-9-7-8-10-20(19)32-23/h7-14H,4-6,15-16H2,1-3H3. The summed E-state index contributed by atoms with van der Waals surface area (Å²) in [6.45, 7) is 4.57. The van der Waals surface area contributed by atoms with Gasteiger partial charge in [0.2, 0.25) is 10.0 Å². The first-order valence-corrected chi connectivity index (χ1v) is 12.9. The van der Waals surface area contributed by atoms with Gasteiger partial charge in [0.15, 0.2) is 4.80 Å². The Balaban J connectivity index is 1.93. The quantitative estimate of drug-likeness (QED) is 0.429. The van der Waals surface area contributed by atoms with Crippen LogP contribution in [0.4, 0.5) is 0 Å². The van der Waals surface area contributed by atoms with Crippen molar-refractivity contribution in [3.05, 3.63) is 58.9 Å². The average Bonchev–Trinajstić information content (AvgIpc) is 3.16. The van der Waals surface area contributed by atoms with Crippen LogP contribution < -0.4 is 4.80 Å². The molecule has 2 aromatic carbocycles. The Morgan fingerprint density at radius 2 is 1.79 bits per heavy atom. The highest BCUT2D eigenvalue weighted by Gasteiger charge is 2.22. The van der Waals surface area contributed by atoms with Crippen LogP contribution in [0.3, 0.4) is 0 Å². The molecule has 1 aromatic heterocycles. The highest BCUT2D eigenvalue weighted by molar-refractivity contribution is 7.89. The van der Waals surface area contributed by atoms with Crippen molar-refractivity contribution in [2.45, 2.75) is 38.1 Å². The lowest BCUT2D eigenvalue weighted by Crippen LogP contribution is -2.31. The number of carbonyl (C=O) groups excluding carboxylic acids is 2. The Kier molecular flexibility index (Phi) is 8.17. The van der Waals surface area contributed by atoms with Gasteiger partial charge in [-0.05, 0) is 42.8 Å². The third-order valence-electron chi connectivity index (χ3n) is 5.15. The molecule has 176 valence electrons. The largest absolute Gasteiger partial charge is 0.468 e. The molecule has 3 rings (SSSR count). The summed E-state index contributed by atoms with van der Waals surface area (Å²) in [5, 5.41) is 0. The second-order valence-electron chi connectivity index (χ2n) is 7.31. The number of nitrogens with zero attached hydrogens (tertiary/aromatic N) is 3. The molecule has 0 aliphatic carbocycles. The molecule has 1 amide bonds. The summed E-state index contributed by atoms with van der Waals surface area (Å²) in [5.74, 6) is -0.979. The number of ether oxygens (including phenoxy) is 1. The number of rotatable bonds is 9. The van der Waals surface area contributed by atoms with E-state index in [0.717, 1.165) is 23.1 Å². The maximum atomic E-state index is 12.9. The number of hydrogen-bond donors (Lipinski definition) is 0. The first-order chi connectivity index (χ1) is 15.8. The lowest BCUT2D eigenvalue weighted by molar-refractivity contribution is -0.141. The van der Waals surface area contributed by atoms with E-state index >= 15 is 0 Å². The first-order valence-electron chi connectivity index (χ1n) is 10.7. The molecule has 0 bridgehead atoms. The SMILES string of the molecule is CCCCN(CC)S(=O)(=O)c1ccc(C(=O)N=c2sc3ccccc3n2CC(=O)OC)cc1. The zero-order chi connectivity index (χ0) is 24.0. The van der Waals surface area contributed by atoms with Crippen molar-refractivity contribution in [1.82, 2.24) is 8.87 Å². The summed E-state index contributed by atoms with van der Waals surface area (Å²) < 4.78 is 34.5. The van der Waals surface area contributed by atoms with Crippen LogP contribution in [0.25, 0.3) is 10.2 Å². The predicted octanol–water partition coefficient (Wildman–Crippen LogP) is 3.43. The topological polar surface area (TPSA) is 98.0 Å². The second kappa shape index (κ2) is 10.9. The predicted molar refractivity (Wildman–Crippen MR) is 128 cm³/mol. The zero-order valence-corrected chi connectivity index (χ0v) is 20.5. The summed E-state index contributed by atoms with van der Waals surface area (Å²) in [6.07, 6.45) is 1.68. The minimum atomic E-state index is -3.63. The van der Waals surface area contributed by atoms with Crippen LogP contribution in [0.15, 0.2) is 58.4 Å². The Morgan fingerprint density at radius 1 is 1.09 bits per heavy atom. The van der Waals surface area contributed by atoms with E-state index in [4.69, 9.17) is 4.74 Å². The van der Waals surface area contributed by atoms with Gasteiger partial charge in [-0.3, -0.25) is 9.59 Å². The van der Waals surface area contributed by atoms with Crippen LogP contribution in [0.2, 0.25) is 0 Å². The third-order valence-corrected chi connectivity index (χ3v) is 8.20. The van der Waals surface area contributed by atoms with Crippen molar-refractivity contribution in [3.8, 4) is 0 Å². The molecule has 0 saturated heterocycles. The molecule has 0 N–H and O–H groups in total. The van der Waals surface area contributed by atoms with Crippen LogP contribution in [0.1, 0.15) is 37.0 Å². The lowest BCUT2D eigenvalue weighted by Gasteiger charge is -2.20. The van der Waals surface area contributed by atoms with Crippen LogP contribution in [0.5, 0.6) is 0 Å². The molecule has 33 heavy (non-hydrogen) atoms. The summed E-state index contributed by atoms with van der Waals surface area (Å²) in [6, 6.07) is 13.2. The molecule has 0 unspecified atom stereocenters. The number of sulfonamides is 1. The number of thiazole rings is 1. The summed E-state index contributed by atoms with van der Waals surface area (Å²) in [7, 11) is -2.32. The van der Waals surface area contributed by atoms with Gasteiger partial charge in [-0.1, -0.05) is 43.7 Å². The van der Waals surface area contributed by atoms with Crippen molar-refractivity contribution in [3.63, 3.8) is 0 Å². The Labute approximate surface area is 197 Å². The number of fused-ring (bicyclic) bond motifs is 1. The zero-order valence-electron chi connectivity index (χ0n) is 18.9. The fourth-order valence-corrected chi connectivity index (χ4v) is 5.82. The van der Waals surface area contributed by atoms with Crippen LogP contribution in [-0.2, 0) is 26.1 Å². The lowest BCUT2D eigenvalue weighted by atomic mass is 10.2. The van der Waals surface area contributed by atoms with Crippen molar-refractivity contribution in [2.75, 3.05) is 20.2 Å². The molecule has 0 atom stereocenters. The molecule has 0 aliphatic heterocycles. The number of carbonyl (C=O) groups is 2. The van der Waals surface area contributed by atoms with E-state index in [2.05, 4.69) is 4.99 Å². The van der Waals surface area contributed by atoms with E-state index < -0.39 is 21.9 Å². The van der Waals surface area contributed by atoms with Gasteiger partial charge in [0.25, 0.3) is 5.91 Å². The molecule has 0 fully saturated rings. The number of aromatic nitrogens is 1. The Morgan fingerprint density at radius 3 is 2.42 bits per heavy atom. The fraction of sp³-hybridized carbons (Fsp3) is 0.348. The number of amides is 1. The molecule has 3 aromatic rings. The average molecular weight is 490 g/mol. The number of esters is 1. The van der Waals surface area contributed by atoms with E-state index in [0.29, 0.717) is 17.9 Å². The molecule has 1 heterocycles. The van der Waals surface area contributed by atoms with E-state index in [1.165, 1.54) is 47.0 Å². The van der Waals surface area contributed by atoms with Gasteiger partial charge < -0.3 is 9.30 Å². The minimum Gasteiger partial charge on any atom is -0.468 e. The van der Waals surface area contributed by atoms with Crippen LogP contribution in [-0.4, -0.2) is 49.4 Å². The van der Waals surface area contributed by atoms with Crippen molar-refractivity contribution >= 4 is 43.5 Å². The Hall–Kier alpha value is -2.82. The van der Waals surface area contributed by atoms with Crippen LogP contribution in [0, 0.1) is 0 Å². The van der Waals surface area contributed by atoms with Crippen molar-refractivity contribution in [2.24, 2.45) is 4.99 Å². The smallest absolute Gasteiger partial charge is 0.325 e. The van der Waals surface area contributed by atoms with E-state index in [1.807, 2.05) is 31.2 Å². The third kappa shape index (κ3) is 5.58. The van der Waals surface area contributed by atoms with E-state index in [9.17, 15) is 18.0 Å². The number of hydrogen-bond acceptors (Lipinski definition) is 6. The van der Waals surface area contributed by atoms with Gasteiger partial charge in [0.1, 0.15) is 6.54 Å².